The van der Waals surface area contributed by atoms with Crippen molar-refractivity contribution in [3.05, 3.63) is 22.4 Å². The Morgan fingerprint density at radius 2 is 1.95 bits per heavy atom. The molecule has 1 aromatic heterocycles. The van der Waals surface area contributed by atoms with Crippen LogP contribution in [0.1, 0.15) is 31.2 Å². The van der Waals surface area contributed by atoms with Crippen molar-refractivity contribution in [2.75, 3.05) is 13.1 Å². The lowest BCUT2D eigenvalue weighted by Gasteiger charge is -2.25. The quantitative estimate of drug-likeness (QED) is 0.852. The summed E-state index contributed by atoms with van der Waals surface area (Å²) in [5.41, 5.74) is 1.36. The third-order valence-electron chi connectivity index (χ3n) is 4.88. The van der Waals surface area contributed by atoms with Crippen molar-refractivity contribution in [2.24, 2.45) is 0 Å². The molecule has 0 radical (unpaired) electrons. The van der Waals surface area contributed by atoms with Crippen molar-refractivity contribution in [1.29, 1.82) is 0 Å². The maximum Gasteiger partial charge on any atom is 0.217 e. The summed E-state index contributed by atoms with van der Waals surface area (Å²) in [4.78, 5) is 2.48. The summed E-state index contributed by atoms with van der Waals surface area (Å²) < 4.78 is 26.8. The summed E-state index contributed by atoms with van der Waals surface area (Å²) >= 11 is 1.73. The highest BCUT2D eigenvalue weighted by molar-refractivity contribution is 7.90. The lowest BCUT2D eigenvalue weighted by atomic mass is 10.1. The van der Waals surface area contributed by atoms with Crippen molar-refractivity contribution in [3.8, 4) is 0 Å². The largest absolute Gasteiger partial charge is 0.294 e. The number of rotatable bonds is 4. The first-order valence-corrected chi connectivity index (χ1v) is 9.86. The second-order valence-electron chi connectivity index (χ2n) is 6.17. The summed E-state index contributed by atoms with van der Waals surface area (Å²) in [6, 6.07) is 2.84. The van der Waals surface area contributed by atoms with E-state index < -0.39 is 10.0 Å². The van der Waals surface area contributed by atoms with Gasteiger partial charge in [-0.2, -0.15) is 15.6 Å². The maximum atomic E-state index is 12.5. The molecule has 6 heteroatoms. The number of nitrogens with zero attached hydrogens (tertiary/aromatic N) is 2. The van der Waals surface area contributed by atoms with Gasteiger partial charge in [-0.15, -0.1) is 0 Å². The standard InChI is InChI=1S/C14H20N2O2S2/c17-20(18,12-1-2-12)16-7-4-13-14(16)3-6-15(13)9-11-5-8-19-10-11/h5,8,10,12-14H,1-4,6-7,9H2/t13-,14+/m1/s1. The number of hydrogen-bond acceptors (Lipinski definition) is 4. The molecule has 1 saturated carbocycles. The van der Waals surface area contributed by atoms with E-state index in [1.807, 2.05) is 4.31 Å². The summed E-state index contributed by atoms with van der Waals surface area (Å²) in [6.07, 6.45) is 3.74. The van der Waals surface area contributed by atoms with Crippen LogP contribution in [0.15, 0.2) is 16.8 Å². The van der Waals surface area contributed by atoms with Gasteiger partial charge in [-0.05, 0) is 48.1 Å². The van der Waals surface area contributed by atoms with Crippen LogP contribution in [-0.2, 0) is 16.6 Å². The zero-order chi connectivity index (χ0) is 13.7. The smallest absolute Gasteiger partial charge is 0.217 e. The van der Waals surface area contributed by atoms with E-state index in [2.05, 4.69) is 21.7 Å². The van der Waals surface area contributed by atoms with E-state index in [1.54, 1.807) is 11.3 Å². The predicted octanol–water partition coefficient (Wildman–Crippen LogP) is 1.89. The fraction of sp³-hybridized carbons (Fsp3) is 0.714. The summed E-state index contributed by atoms with van der Waals surface area (Å²) in [5.74, 6) is 0. The molecule has 1 aromatic rings. The minimum absolute atomic E-state index is 0.0628. The molecule has 20 heavy (non-hydrogen) atoms. The SMILES string of the molecule is O=S(=O)(C1CC1)N1CC[C@@H]2[C@@H]1CCN2Cc1ccsc1. The second-order valence-corrected chi connectivity index (χ2v) is 9.11. The van der Waals surface area contributed by atoms with E-state index in [1.165, 1.54) is 5.56 Å². The first kappa shape index (κ1) is 13.2. The van der Waals surface area contributed by atoms with Gasteiger partial charge in [0.25, 0.3) is 0 Å². The van der Waals surface area contributed by atoms with E-state index in [-0.39, 0.29) is 11.3 Å². The maximum absolute atomic E-state index is 12.5. The Morgan fingerprint density at radius 1 is 1.15 bits per heavy atom. The monoisotopic (exact) mass is 312 g/mol. The van der Waals surface area contributed by atoms with E-state index in [0.29, 0.717) is 6.04 Å². The predicted molar refractivity (Wildman–Crippen MR) is 80.2 cm³/mol. The van der Waals surface area contributed by atoms with Gasteiger partial charge in [-0.25, -0.2) is 8.42 Å². The summed E-state index contributed by atoms with van der Waals surface area (Å²) in [5, 5.41) is 4.25. The molecule has 2 saturated heterocycles. The van der Waals surface area contributed by atoms with Crippen LogP contribution in [-0.4, -0.2) is 48.0 Å². The van der Waals surface area contributed by atoms with Crippen LogP contribution in [0.25, 0.3) is 0 Å². The molecule has 0 aromatic carbocycles. The van der Waals surface area contributed by atoms with Crippen LogP contribution < -0.4 is 0 Å². The van der Waals surface area contributed by atoms with Crippen molar-refractivity contribution in [1.82, 2.24) is 9.21 Å². The molecule has 3 heterocycles. The molecule has 3 fully saturated rings. The van der Waals surface area contributed by atoms with Gasteiger partial charge in [0.2, 0.25) is 10.0 Å². The molecule has 4 nitrogen and oxygen atoms in total. The van der Waals surface area contributed by atoms with Crippen molar-refractivity contribution >= 4 is 21.4 Å². The van der Waals surface area contributed by atoms with E-state index in [0.717, 1.165) is 45.3 Å². The van der Waals surface area contributed by atoms with Crippen LogP contribution >= 0.6 is 11.3 Å². The van der Waals surface area contributed by atoms with Crippen LogP contribution in [0, 0.1) is 0 Å². The zero-order valence-electron chi connectivity index (χ0n) is 11.4. The number of hydrogen-bond donors (Lipinski definition) is 0. The molecule has 3 aliphatic rings. The highest BCUT2D eigenvalue weighted by Crippen LogP contribution is 2.39. The Labute approximate surface area is 124 Å². The van der Waals surface area contributed by atoms with E-state index in [4.69, 9.17) is 0 Å². The minimum atomic E-state index is -3.00. The molecule has 0 amide bonds. The van der Waals surface area contributed by atoms with Gasteiger partial charge in [0.05, 0.1) is 5.25 Å². The van der Waals surface area contributed by atoms with Crippen molar-refractivity contribution in [2.45, 2.75) is 49.6 Å². The van der Waals surface area contributed by atoms with Crippen LogP contribution in [0.3, 0.4) is 0 Å². The number of thiophene rings is 1. The Morgan fingerprint density at radius 3 is 2.65 bits per heavy atom. The normalized spacial score (nSPS) is 31.8. The molecule has 1 aliphatic carbocycles. The fourth-order valence-corrected chi connectivity index (χ4v) is 6.48. The third-order valence-corrected chi connectivity index (χ3v) is 8.03. The van der Waals surface area contributed by atoms with E-state index >= 15 is 0 Å². The molecule has 0 bridgehead atoms. The van der Waals surface area contributed by atoms with Gasteiger partial charge < -0.3 is 0 Å². The molecular formula is C14H20N2O2S2. The Balaban J connectivity index is 1.49. The van der Waals surface area contributed by atoms with Gasteiger partial charge in [-0.1, -0.05) is 0 Å². The number of fused-ring (bicyclic) bond motifs is 1. The summed E-state index contributed by atoms with van der Waals surface area (Å²) in [6.45, 7) is 2.73. The van der Waals surface area contributed by atoms with Gasteiger partial charge in [0.1, 0.15) is 0 Å². The Bertz CT molecular complexity index is 580. The molecule has 2 atom stereocenters. The Hall–Kier alpha value is -0.430. The van der Waals surface area contributed by atoms with Crippen molar-refractivity contribution < 1.29 is 8.42 Å². The highest BCUT2D eigenvalue weighted by atomic mass is 32.2. The molecule has 0 spiro atoms. The first-order chi connectivity index (χ1) is 9.66. The zero-order valence-corrected chi connectivity index (χ0v) is 13.1. The minimum Gasteiger partial charge on any atom is -0.294 e. The van der Waals surface area contributed by atoms with Crippen LogP contribution in [0.5, 0.6) is 0 Å². The van der Waals surface area contributed by atoms with Gasteiger partial charge in [-0.3, -0.25) is 4.90 Å². The Kier molecular flexibility index (Phi) is 3.18. The summed E-state index contributed by atoms with van der Waals surface area (Å²) in [7, 11) is -3.00. The van der Waals surface area contributed by atoms with Crippen LogP contribution in [0.2, 0.25) is 0 Å². The first-order valence-electron chi connectivity index (χ1n) is 7.42. The lowest BCUT2D eigenvalue weighted by molar-refractivity contribution is 0.240. The second kappa shape index (κ2) is 4.80. The van der Waals surface area contributed by atoms with Gasteiger partial charge in [0, 0.05) is 31.7 Å². The molecular weight excluding hydrogens is 292 g/mol. The fourth-order valence-electron chi connectivity index (χ4n) is 3.72. The molecule has 4 rings (SSSR count). The lowest BCUT2D eigenvalue weighted by Crippen LogP contribution is -2.41. The van der Waals surface area contributed by atoms with E-state index in [9.17, 15) is 8.42 Å². The topological polar surface area (TPSA) is 40.6 Å². The van der Waals surface area contributed by atoms with Gasteiger partial charge in [0.15, 0.2) is 0 Å². The van der Waals surface area contributed by atoms with Crippen molar-refractivity contribution in [3.63, 3.8) is 0 Å². The van der Waals surface area contributed by atoms with Gasteiger partial charge >= 0.3 is 0 Å². The highest BCUT2D eigenvalue weighted by Gasteiger charge is 2.50. The third kappa shape index (κ3) is 2.13. The average Bonchev–Trinajstić information content (AvgIpc) is 2.86. The van der Waals surface area contributed by atoms with Crippen LogP contribution in [0.4, 0.5) is 0 Å². The average molecular weight is 312 g/mol. The molecule has 110 valence electrons. The number of sulfonamides is 1. The molecule has 0 unspecified atom stereocenters. The molecule has 2 aliphatic heterocycles. The molecule has 0 N–H and O–H groups in total. The number of likely N-dealkylation sites (tertiary alicyclic amines) is 1.